The molecule has 1 aromatic heterocycles. The Bertz CT molecular complexity index is 842. The third-order valence-corrected chi connectivity index (χ3v) is 5.28. The Labute approximate surface area is 165 Å². The molecule has 0 saturated carbocycles. The van der Waals surface area contributed by atoms with Gasteiger partial charge in [-0.1, -0.05) is 17.7 Å². The third-order valence-electron chi connectivity index (χ3n) is 5.28. The summed E-state index contributed by atoms with van der Waals surface area (Å²) in [5.74, 6) is 1.82. The minimum absolute atomic E-state index is 0.0996. The van der Waals surface area contributed by atoms with Gasteiger partial charge in [0, 0.05) is 56.6 Å². The van der Waals surface area contributed by atoms with E-state index >= 15 is 0 Å². The molecular formula is C21H27N5O2. The molecule has 7 nitrogen and oxygen atoms in total. The quantitative estimate of drug-likeness (QED) is 0.809. The fourth-order valence-electron chi connectivity index (χ4n) is 3.70. The van der Waals surface area contributed by atoms with Gasteiger partial charge in [0.15, 0.2) is 0 Å². The molecule has 0 atom stereocenters. The Kier molecular flexibility index (Phi) is 5.43. The maximum atomic E-state index is 12.8. The lowest BCUT2D eigenvalue weighted by molar-refractivity contribution is 0.0746. The Morgan fingerprint density at radius 1 is 0.929 bits per heavy atom. The molecule has 0 spiro atoms. The van der Waals surface area contributed by atoms with Crippen LogP contribution in [0.4, 0.5) is 11.8 Å². The number of rotatable bonds is 3. The lowest BCUT2D eigenvalue weighted by atomic mass is 10.1. The molecule has 1 aromatic carbocycles. The van der Waals surface area contributed by atoms with Crippen LogP contribution in [0.15, 0.2) is 30.3 Å². The predicted octanol–water partition coefficient (Wildman–Crippen LogP) is 1.89. The number of amides is 1. The number of hydrogen-bond acceptors (Lipinski definition) is 6. The summed E-state index contributed by atoms with van der Waals surface area (Å²) < 4.78 is 5.44. The van der Waals surface area contributed by atoms with Gasteiger partial charge in [-0.3, -0.25) is 4.79 Å². The SMILES string of the molecule is Cc1cccc(C(=O)N2CCN(c3nc(C)cc(N4CCOCC4)n3)CC2)c1. The Balaban J connectivity index is 1.43. The molecule has 4 rings (SSSR count). The molecule has 2 aliphatic rings. The number of nitrogens with zero attached hydrogens (tertiary/aromatic N) is 5. The summed E-state index contributed by atoms with van der Waals surface area (Å²) in [7, 11) is 0. The number of hydrogen-bond donors (Lipinski definition) is 0. The van der Waals surface area contributed by atoms with Crippen LogP contribution in [0.25, 0.3) is 0 Å². The maximum Gasteiger partial charge on any atom is 0.253 e. The Hall–Kier alpha value is -2.67. The summed E-state index contributed by atoms with van der Waals surface area (Å²) in [5.41, 5.74) is 2.83. The van der Waals surface area contributed by atoms with Gasteiger partial charge in [0.2, 0.25) is 5.95 Å². The summed E-state index contributed by atoms with van der Waals surface area (Å²) in [6.07, 6.45) is 0. The summed E-state index contributed by atoms with van der Waals surface area (Å²) in [6, 6.07) is 9.82. The molecule has 2 aromatic rings. The summed E-state index contributed by atoms with van der Waals surface area (Å²) in [6.45, 7) is 10.0. The Morgan fingerprint density at radius 2 is 1.68 bits per heavy atom. The van der Waals surface area contributed by atoms with E-state index in [9.17, 15) is 4.79 Å². The van der Waals surface area contributed by atoms with Crippen LogP contribution in [-0.2, 0) is 4.74 Å². The molecule has 0 aliphatic carbocycles. The van der Waals surface area contributed by atoms with Crippen molar-refractivity contribution in [2.75, 3.05) is 62.3 Å². The van der Waals surface area contributed by atoms with E-state index in [1.165, 1.54) is 0 Å². The second-order valence-corrected chi connectivity index (χ2v) is 7.42. The largest absolute Gasteiger partial charge is 0.378 e. The first-order valence-electron chi connectivity index (χ1n) is 9.89. The summed E-state index contributed by atoms with van der Waals surface area (Å²) >= 11 is 0. The van der Waals surface area contributed by atoms with E-state index in [-0.39, 0.29) is 5.91 Å². The van der Waals surface area contributed by atoms with E-state index in [0.29, 0.717) is 13.1 Å². The monoisotopic (exact) mass is 381 g/mol. The van der Waals surface area contributed by atoms with Crippen LogP contribution < -0.4 is 9.80 Å². The van der Waals surface area contributed by atoms with Gasteiger partial charge in [-0.05, 0) is 26.0 Å². The highest BCUT2D eigenvalue weighted by Crippen LogP contribution is 2.20. The fourth-order valence-corrected chi connectivity index (χ4v) is 3.70. The van der Waals surface area contributed by atoms with Crippen molar-refractivity contribution in [1.29, 1.82) is 0 Å². The first-order chi connectivity index (χ1) is 13.6. The minimum atomic E-state index is 0.0996. The van der Waals surface area contributed by atoms with Crippen molar-refractivity contribution < 1.29 is 9.53 Å². The number of benzene rings is 1. The molecule has 2 fully saturated rings. The van der Waals surface area contributed by atoms with Crippen LogP contribution >= 0.6 is 0 Å². The molecular weight excluding hydrogens is 354 g/mol. The topological polar surface area (TPSA) is 61.8 Å². The van der Waals surface area contributed by atoms with Crippen molar-refractivity contribution in [3.63, 3.8) is 0 Å². The van der Waals surface area contributed by atoms with Gasteiger partial charge in [0.1, 0.15) is 5.82 Å². The molecule has 0 N–H and O–H groups in total. The highest BCUT2D eigenvalue weighted by atomic mass is 16.5. The van der Waals surface area contributed by atoms with E-state index in [2.05, 4.69) is 14.8 Å². The number of aryl methyl sites for hydroxylation is 2. The molecule has 148 valence electrons. The smallest absolute Gasteiger partial charge is 0.253 e. The standard InChI is InChI=1S/C21H27N5O2/c1-16-4-3-5-18(14-16)20(27)25-6-8-26(9-7-25)21-22-17(2)15-19(23-21)24-10-12-28-13-11-24/h3-5,14-15H,6-13H2,1-2H3. The van der Waals surface area contributed by atoms with Crippen molar-refractivity contribution in [2.45, 2.75) is 13.8 Å². The second-order valence-electron chi connectivity index (χ2n) is 7.42. The Morgan fingerprint density at radius 3 is 2.39 bits per heavy atom. The van der Waals surface area contributed by atoms with Crippen molar-refractivity contribution in [3.05, 3.63) is 47.2 Å². The van der Waals surface area contributed by atoms with E-state index < -0.39 is 0 Å². The van der Waals surface area contributed by atoms with Gasteiger partial charge in [-0.15, -0.1) is 0 Å². The summed E-state index contributed by atoms with van der Waals surface area (Å²) in [5, 5.41) is 0. The molecule has 0 unspecified atom stereocenters. The normalized spacial score (nSPS) is 17.7. The number of morpholine rings is 1. The highest BCUT2D eigenvalue weighted by Gasteiger charge is 2.24. The van der Waals surface area contributed by atoms with Crippen molar-refractivity contribution in [3.8, 4) is 0 Å². The lowest BCUT2D eigenvalue weighted by Crippen LogP contribution is -2.49. The average molecular weight is 381 g/mol. The number of anilines is 2. The molecule has 0 radical (unpaired) electrons. The van der Waals surface area contributed by atoms with Crippen LogP contribution in [0.3, 0.4) is 0 Å². The van der Waals surface area contributed by atoms with Gasteiger partial charge < -0.3 is 19.4 Å². The number of ether oxygens (including phenoxy) is 1. The molecule has 2 aliphatic heterocycles. The fraction of sp³-hybridized carbons (Fsp3) is 0.476. The maximum absolute atomic E-state index is 12.8. The third kappa shape index (κ3) is 4.09. The van der Waals surface area contributed by atoms with E-state index in [1.807, 2.05) is 49.1 Å². The number of piperazine rings is 1. The van der Waals surface area contributed by atoms with Crippen LogP contribution in [-0.4, -0.2) is 73.3 Å². The van der Waals surface area contributed by atoms with Gasteiger partial charge in [0.25, 0.3) is 5.91 Å². The zero-order valence-electron chi connectivity index (χ0n) is 16.6. The van der Waals surface area contributed by atoms with Gasteiger partial charge >= 0.3 is 0 Å². The molecule has 1 amide bonds. The van der Waals surface area contributed by atoms with Crippen LogP contribution in [0.1, 0.15) is 21.6 Å². The first kappa shape index (κ1) is 18.7. The van der Waals surface area contributed by atoms with E-state index in [1.54, 1.807) is 0 Å². The molecule has 2 saturated heterocycles. The minimum Gasteiger partial charge on any atom is -0.378 e. The average Bonchev–Trinajstić information content (AvgIpc) is 2.73. The number of carbonyl (C=O) groups is 1. The van der Waals surface area contributed by atoms with Crippen LogP contribution in [0.5, 0.6) is 0 Å². The number of aromatic nitrogens is 2. The predicted molar refractivity (Wildman–Crippen MR) is 109 cm³/mol. The first-order valence-corrected chi connectivity index (χ1v) is 9.89. The molecule has 0 bridgehead atoms. The van der Waals surface area contributed by atoms with Gasteiger partial charge in [-0.2, -0.15) is 4.98 Å². The van der Waals surface area contributed by atoms with E-state index in [0.717, 1.165) is 68.0 Å². The second kappa shape index (κ2) is 8.14. The van der Waals surface area contributed by atoms with Crippen molar-refractivity contribution in [1.82, 2.24) is 14.9 Å². The zero-order chi connectivity index (χ0) is 19.5. The van der Waals surface area contributed by atoms with Crippen molar-refractivity contribution in [2.24, 2.45) is 0 Å². The zero-order valence-corrected chi connectivity index (χ0v) is 16.6. The van der Waals surface area contributed by atoms with Crippen molar-refractivity contribution >= 4 is 17.7 Å². The van der Waals surface area contributed by atoms with Gasteiger partial charge in [0.05, 0.1) is 13.2 Å². The van der Waals surface area contributed by atoms with Gasteiger partial charge in [-0.25, -0.2) is 4.98 Å². The molecule has 3 heterocycles. The summed E-state index contributed by atoms with van der Waals surface area (Å²) in [4.78, 5) is 28.6. The van der Waals surface area contributed by atoms with Crippen LogP contribution in [0, 0.1) is 13.8 Å². The number of carbonyl (C=O) groups excluding carboxylic acids is 1. The lowest BCUT2D eigenvalue weighted by Gasteiger charge is -2.35. The molecule has 28 heavy (non-hydrogen) atoms. The highest BCUT2D eigenvalue weighted by molar-refractivity contribution is 5.94. The molecule has 7 heteroatoms. The van der Waals surface area contributed by atoms with Crippen LogP contribution in [0.2, 0.25) is 0 Å². The van der Waals surface area contributed by atoms with E-state index in [4.69, 9.17) is 9.72 Å².